The lowest BCUT2D eigenvalue weighted by Crippen LogP contribution is -2.12. The first kappa shape index (κ1) is 16.3. The number of nitrogens with zero attached hydrogens (tertiary/aromatic N) is 1. The van der Waals surface area contributed by atoms with E-state index in [-0.39, 0.29) is 12.7 Å². The Morgan fingerprint density at radius 3 is 2.89 bits per heavy atom. The summed E-state index contributed by atoms with van der Waals surface area (Å²) in [7, 11) is 0. The fourth-order valence-corrected chi connectivity index (χ4v) is 3.06. The summed E-state index contributed by atoms with van der Waals surface area (Å²) in [6.45, 7) is 2.10. The molecule has 0 fully saturated rings. The molecule has 2 aromatic heterocycles. The van der Waals surface area contributed by atoms with Crippen LogP contribution in [-0.4, -0.2) is 17.7 Å². The molecule has 0 saturated carbocycles. The fourth-order valence-electron chi connectivity index (χ4n) is 3.06. The van der Waals surface area contributed by atoms with E-state index in [2.05, 4.69) is 15.3 Å². The first-order chi connectivity index (χ1) is 13.7. The third kappa shape index (κ3) is 2.83. The number of hydrogen-bond acceptors (Lipinski definition) is 5. The number of ether oxygens (including phenoxy) is 2. The summed E-state index contributed by atoms with van der Waals surface area (Å²) in [4.78, 5) is 20.2. The van der Waals surface area contributed by atoms with E-state index in [4.69, 9.17) is 13.9 Å². The Bertz CT molecular complexity index is 1180. The minimum atomic E-state index is -0.232. The highest BCUT2D eigenvalue weighted by atomic mass is 16.7. The van der Waals surface area contributed by atoms with Crippen molar-refractivity contribution in [3.05, 3.63) is 65.9 Å². The van der Waals surface area contributed by atoms with Gasteiger partial charge in [-0.25, -0.2) is 4.98 Å². The molecule has 28 heavy (non-hydrogen) atoms. The van der Waals surface area contributed by atoms with Crippen LogP contribution in [0.3, 0.4) is 0 Å². The molecule has 2 aromatic carbocycles. The van der Waals surface area contributed by atoms with E-state index < -0.39 is 0 Å². The van der Waals surface area contributed by atoms with Gasteiger partial charge in [0.05, 0.1) is 11.8 Å². The van der Waals surface area contributed by atoms with Gasteiger partial charge >= 0.3 is 11.5 Å². The van der Waals surface area contributed by atoms with Crippen molar-refractivity contribution in [2.24, 2.45) is 0 Å². The van der Waals surface area contributed by atoms with Crippen molar-refractivity contribution in [2.45, 2.75) is 6.92 Å². The van der Waals surface area contributed by atoms with Crippen molar-refractivity contribution in [1.82, 2.24) is 4.98 Å². The number of aromatic nitrogens is 2. The van der Waals surface area contributed by atoms with Gasteiger partial charge in [-0.1, -0.05) is 6.07 Å². The number of H-pyrrole nitrogens is 1. The van der Waals surface area contributed by atoms with Crippen LogP contribution in [0.4, 0.5) is 5.69 Å². The summed E-state index contributed by atoms with van der Waals surface area (Å²) in [5.41, 5.74) is 4.22. The van der Waals surface area contributed by atoms with Crippen LogP contribution in [0.1, 0.15) is 15.9 Å². The number of carbonyl (C=O) groups is 1. The van der Waals surface area contributed by atoms with Gasteiger partial charge in [-0.3, -0.25) is 4.79 Å². The number of nitrogens with one attached hydrogen (secondary N) is 2. The largest absolute Gasteiger partial charge is 0.454 e. The lowest BCUT2D eigenvalue weighted by molar-refractivity contribution is -0.347. The Balaban J connectivity index is 1.45. The van der Waals surface area contributed by atoms with Crippen molar-refractivity contribution in [3.8, 4) is 23.0 Å². The van der Waals surface area contributed by atoms with E-state index in [0.29, 0.717) is 39.9 Å². The Kier molecular flexibility index (Phi) is 3.72. The molecule has 1 aliphatic rings. The smallest absolute Gasteiger partial charge is 0.368 e. The number of oxazole rings is 1. The molecule has 7 nitrogen and oxygen atoms in total. The van der Waals surface area contributed by atoms with Gasteiger partial charge in [-0.2, -0.15) is 0 Å². The average Bonchev–Trinajstić information content (AvgIpc) is 3.35. The number of pyridine rings is 1. The third-order valence-corrected chi connectivity index (χ3v) is 4.58. The molecule has 5 rings (SSSR count). The van der Waals surface area contributed by atoms with Crippen molar-refractivity contribution in [2.75, 3.05) is 12.1 Å². The molecule has 7 heteroatoms. The lowest BCUT2D eigenvalue weighted by Gasteiger charge is -2.09. The number of anilines is 1. The molecule has 0 atom stereocenters. The molecule has 0 bridgehead atoms. The highest BCUT2D eigenvalue weighted by Crippen LogP contribution is 2.33. The minimum absolute atomic E-state index is 0.170. The summed E-state index contributed by atoms with van der Waals surface area (Å²) in [6.07, 6.45) is 1.79. The predicted molar refractivity (Wildman–Crippen MR) is 101 cm³/mol. The second-order valence-electron chi connectivity index (χ2n) is 6.45. The van der Waals surface area contributed by atoms with Crippen molar-refractivity contribution in [1.29, 1.82) is 0 Å². The maximum atomic E-state index is 12.7. The van der Waals surface area contributed by atoms with Crippen molar-refractivity contribution in [3.63, 3.8) is 0 Å². The van der Waals surface area contributed by atoms with Crippen molar-refractivity contribution < 1.29 is 23.7 Å². The molecule has 0 radical (unpaired) electrons. The van der Waals surface area contributed by atoms with Gasteiger partial charge in [0.15, 0.2) is 11.5 Å². The topological polar surface area (TPSA) is 87.7 Å². The number of fused-ring (bicyclic) bond motifs is 2. The zero-order valence-corrected chi connectivity index (χ0v) is 15.0. The zero-order chi connectivity index (χ0) is 19.1. The van der Waals surface area contributed by atoms with Crippen LogP contribution in [0.2, 0.25) is 0 Å². The summed E-state index contributed by atoms with van der Waals surface area (Å²) in [5, 5.41) is 2.95. The van der Waals surface area contributed by atoms with E-state index >= 15 is 0 Å². The van der Waals surface area contributed by atoms with Crippen LogP contribution in [0.15, 0.2) is 59.1 Å². The SMILES string of the molecule is Cc1ccc(-c2nc3[nH+]cccc3o2)cc1NC(=O)c1ccc2c(c1)OCO2. The summed E-state index contributed by atoms with van der Waals surface area (Å²) in [5.74, 6) is 1.46. The van der Waals surface area contributed by atoms with Gasteiger partial charge in [0.25, 0.3) is 5.91 Å². The molecule has 3 heterocycles. The molecular formula is C21H16N3O4+. The molecule has 0 saturated heterocycles. The monoisotopic (exact) mass is 374 g/mol. The maximum absolute atomic E-state index is 12.7. The van der Waals surface area contributed by atoms with Crippen LogP contribution >= 0.6 is 0 Å². The van der Waals surface area contributed by atoms with Gasteiger partial charge in [-0.05, 0) is 55.0 Å². The first-order valence-electron chi connectivity index (χ1n) is 8.77. The van der Waals surface area contributed by atoms with Gasteiger partial charge in [-0.15, -0.1) is 0 Å². The predicted octanol–water partition coefficient (Wildman–Crippen LogP) is 3.60. The number of hydrogen-bond donors (Lipinski definition) is 1. The molecule has 0 spiro atoms. The molecule has 2 N–H and O–H groups in total. The van der Waals surface area contributed by atoms with Crippen LogP contribution in [0.5, 0.6) is 11.5 Å². The Hall–Kier alpha value is -3.87. The Morgan fingerprint density at radius 1 is 1.11 bits per heavy atom. The number of aryl methyl sites for hydroxylation is 1. The van der Waals surface area contributed by atoms with Gasteiger partial charge in [0.2, 0.25) is 12.4 Å². The summed E-state index contributed by atoms with van der Waals surface area (Å²) in [6, 6.07) is 14.5. The van der Waals surface area contributed by atoms with Crippen molar-refractivity contribution >= 4 is 22.8 Å². The average molecular weight is 374 g/mol. The molecule has 4 aromatic rings. The van der Waals surface area contributed by atoms with Crippen LogP contribution < -0.4 is 19.8 Å². The summed E-state index contributed by atoms with van der Waals surface area (Å²) < 4.78 is 16.4. The number of benzene rings is 2. The quantitative estimate of drug-likeness (QED) is 0.592. The second-order valence-corrected chi connectivity index (χ2v) is 6.45. The molecule has 0 unspecified atom stereocenters. The second kappa shape index (κ2) is 6.38. The van der Waals surface area contributed by atoms with Gasteiger partial charge in [0.1, 0.15) is 0 Å². The molecule has 0 aliphatic carbocycles. The highest BCUT2D eigenvalue weighted by Gasteiger charge is 2.19. The molecule has 138 valence electrons. The number of rotatable bonds is 3. The third-order valence-electron chi connectivity index (χ3n) is 4.58. The standard InChI is InChI=1S/C21H15N3O4/c1-12-4-5-14(21-24-19-17(28-21)3-2-8-22-19)9-15(12)23-20(25)13-6-7-16-18(10-13)27-11-26-16/h2-10H,11H2,1H3,(H,23,25)/p+1. The summed E-state index contributed by atoms with van der Waals surface area (Å²) >= 11 is 0. The lowest BCUT2D eigenvalue weighted by atomic mass is 10.1. The Morgan fingerprint density at radius 2 is 2.00 bits per heavy atom. The highest BCUT2D eigenvalue weighted by molar-refractivity contribution is 6.05. The van der Waals surface area contributed by atoms with Gasteiger partial charge in [0, 0.05) is 16.2 Å². The molecular weight excluding hydrogens is 358 g/mol. The Labute approximate surface area is 159 Å². The van der Waals surface area contributed by atoms with Gasteiger partial charge < -0.3 is 19.2 Å². The normalized spacial score (nSPS) is 12.3. The van der Waals surface area contributed by atoms with E-state index in [1.54, 1.807) is 24.4 Å². The number of carbonyl (C=O) groups excluding carboxylic acids is 1. The van der Waals surface area contributed by atoms with Crippen LogP contribution in [0, 0.1) is 6.92 Å². The maximum Gasteiger partial charge on any atom is 0.368 e. The minimum Gasteiger partial charge on any atom is -0.454 e. The number of amides is 1. The molecule has 1 aliphatic heterocycles. The number of aromatic amines is 1. The van der Waals surface area contributed by atoms with E-state index in [1.165, 1.54) is 0 Å². The van der Waals surface area contributed by atoms with E-state index in [0.717, 1.165) is 11.1 Å². The fraction of sp³-hybridized carbons (Fsp3) is 0.0952. The van der Waals surface area contributed by atoms with E-state index in [1.807, 2.05) is 37.3 Å². The zero-order valence-electron chi connectivity index (χ0n) is 15.0. The van der Waals surface area contributed by atoms with Crippen LogP contribution in [0.25, 0.3) is 22.7 Å². The molecule has 1 amide bonds. The van der Waals surface area contributed by atoms with Crippen LogP contribution in [-0.2, 0) is 0 Å². The first-order valence-corrected chi connectivity index (χ1v) is 8.77. The van der Waals surface area contributed by atoms with E-state index in [9.17, 15) is 4.79 Å².